The fraction of sp³-hybridized carbons (Fsp3) is 0.333. The Kier molecular flexibility index (Phi) is 4.40. The highest BCUT2D eigenvalue weighted by molar-refractivity contribution is 5.88. The Morgan fingerprint density at radius 2 is 2.05 bits per heavy atom. The predicted molar refractivity (Wildman–Crippen MR) is 72.9 cm³/mol. The minimum atomic E-state index is -0.461. The van der Waals surface area contributed by atoms with Crippen molar-refractivity contribution in [1.29, 1.82) is 0 Å². The highest BCUT2D eigenvalue weighted by atomic mass is 16.5. The van der Waals surface area contributed by atoms with Gasteiger partial charge in [0.25, 0.3) is 0 Å². The number of hydrogen-bond donors (Lipinski definition) is 0. The summed E-state index contributed by atoms with van der Waals surface area (Å²) >= 11 is 0. The van der Waals surface area contributed by atoms with Crippen molar-refractivity contribution < 1.29 is 18.7 Å². The number of methoxy groups -OCH3 is 1. The Labute approximate surface area is 117 Å². The van der Waals surface area contributed by atoms with Crippen LogP contribution in [0.3, 0.4) is 0 Å². The molecular formula is C15H17NO4. The van der Waals surface area contributed by atoms with E-state index < -0.39 is 5.97 Å². The zero-order valence-electron chi connectivity index (χ0n) is 11.8. The second kappa shape index (κ2) is 6.23. The molecule has 0 N–H and O–H groups in total. The van der Waals surface area contributed by atoms with Crippen LogP contribution in [0, 0.1) is 6.92 Å². The number of esters is 1. The van der Waals surface area contributed by atoms with E-state index in [1.165, 1.54) is 6.39 Å². The number of aromatic nitrogens is 1. The molecule has 2 rings (SSSR count). The minimum Gasteiger partial charge on any atom is -0.497 e. The molecule has 0 saturated carbocycles. The molecule has 0 spiro atoms. The minimum absolute atomic E-state index is 0.0945. The van der Waals surface area contributed by atoms with Gasteiger partial charge in [-0.2, -0.15) is 0 Å². The number of oxazole rings is 1. The standard InChI is InChI=1S/C15H17NO4/c1-10(12-4-6-13(18-3)7-5-12)8-19-15(17)14-11(2)20-9-16-14/h4-7,9-10H,8H2,1-3H3/t10-/m0/s1. The maximum atomic E-state index is 11.8. The van der Waals surface area contributed by atoms with E-state index in [0.717, 1.165) is 11.3 Å². The van der Waals surface area contributed by atoms with Gasteiger partial charge in [0, 0.05) is 5.92 Å². The van der Waals surface area contributed by atoms with E-state index in [4.69, 9.17) is 13.9 Å². The van der Waals surface area contributed by atoms with Crippen LogP contribution in [0.2, 0.25) is 0 Å². The molecular weight excluding hydrogens is 258 g/mol. The average molecular weight is 275 g/mol. The van der Waals surface area contributed by atoms with E-state index in [2.05, 4.69) is 4.98 Å². The Morgan fingerprint density at radius 3 is 2.60 bits per heavy atom. The summed E-state index contributed by atoms with van der Waals surface area (Å²) < 4.78 is 15.3. The number of carbonyl (C=O) groups is 1. The molecule has 0 fully saturated rings. The summed E-state index contributed by atoms with van der Waals surface area (Å²) in [6.07, 6.45) is 1.23. The maximum absolute atomic E-state index is 11.8. The predicted octanol–water partition coefficient (Wildman–Crippen LogP) is 2.95. The number of ether oxygens (including phenoxy) is 2. The van der Waals surface area contributed by atoms with Crippen LogP contribution in [0.4, 0.5) is 0 Å². The van der Waals surface area contributed by atoms with Gasteiger partial charge in [-0.25, -0.2) is 9.78 Å². The van der Waals surface area contributed by atoms with Crippen LogP contribution in [-0.4, -0.2) is 24.7 Å². The topological polar surface area (TPSA) is 61.6 Å². The lowest BCUT2D eigenvalue weighted by Crippen LogP contribution is -2.12. The lowest BCUT2D eigenvalue weighted by molar-refractivity contribution is 0.0477. The summed E-state index contributed by atoms with van der Waals surface area (Å²) in [7, 11) is 1.63. The van der Waals surface area contributed by atoms with Gasteiger partial charge < -0.3 is 13.9 Å². The highest BCUT2D eigenvalue weighted by Crippen LogP contribution is 2.20. The van der Waals surface area contributed by atoms with Crippen LogP contribution in [0.1, 0.15) is 34.7 Å². The molecule has 0 amide bonds. The van der Waals surface area contributed by atoms with Crippen LogP contribution in [0.25, 0.3) is 0 Å². The van der Waals surface area contributed by atoms with Crippen molar-refractivity contribution in [1.82, 2.24) is 4.98 Å². The molecule has 0 aliphatic carbocycles. The van der Waals surface area contributed by atoms with Crippen LogP contribution >= 0.6 is 0 Å². The zero-order chi connectivity index (χ0) is 14.5. The first kappa shape index (κ1) is 14.1. The summed E-state index contributed by atoms with van der Waals surface area (Å²) in [5.41, 5.74) is 1.31. The third kappa shape index (κ3) is 3.17. The lowest BCUT2D eigenvalue weighted by Gasteiger charge is -2.12. The number of carbonyl (C=O) groups excluding carboxylic acids is 1. The summed E-state index contributed by atoms with van der Waals surface area (Å²) in [6, 6.07) is 7.68. The van der Waals surface area contributed by atoms with Gasteiger partial charge in [-0.1, -0.05) is 19.1 Å². The van der Waals surface area contributed by atoms with Crippen LogP contribution in [0.15, 0.2) is 35.1 Å². The average Bonchev–Trinajstić information content (AvgIpc) is 2.90. The monoisotopic (exact) mass is 275 g/mol. The lowest BCUT2D eigenvalue weighted by atomic mass is 10.0. The molecule has 0 unspecified atom stereocenters. The molecule has 1 aromatic carbocycles. The van der Waals surface area contributed by atoms with Gasteiger partial charge >= 0.3 is 5.97 Å². The highest BCUT2D eigenvalue weighted by Gasteiger charge is 2.16. The van der Waals surface area contributed by atoms with E-state index in [1.54, 1.807) is 14.0 Å². The van der Waals surface area contributed by atoms with E-state index >= 15 is 0 Å². The van der Waals surface area contributed by atoms with Crippen molar-refractivity contribution in [3.05, 3.63) is 47.7 Å². The van der Waals surface area contributed by atoms with Crippen LogP contribution in [0.5, 0.6) is 5.75 Å². The Bertz CT molecular complexity index is 574. The SMILES string of the molecule is COc1ccc([C@@H](C)COC(=O)c2ncoc2C)cc1. The van der Waals surface area contributed by atoms with Crippen molar-refractivity contribution in [2.24, 2.45) is 0 Å². The Balaban J connectivity index is 1.93. The Hall–Kier alpha value is -2.30. The van der Waals surface area contributed by atoms with E-state index in [1.807, 2.05) is 31.2 Å². The van der Waals surface area contributed by atoms with Crippen molar-refractivity contribution in [3.63, 3.8) is 0 Å². The third-order valence-corrected chi connectivity index (χ3v) is 3.09. The molecule has 1 atom stereocenters. The van der Waals surface area contributed by atoms with Crippen molar-refractivity contribution in [2.75, 3.05) is 13.7 Å². The number of rotatable bonds is 5. The molecule has 5 heteroatoms. The second-order valence-corrected chi connectivity index (χ2v) is 4.53. The number of nitrogens with zero attached hydrogens (tertiary/aromatic N) is 1. The van der Waals surface area contributed by atoms with Gasteiger partial charge in [-0.3, -0.25) is 0 Å². The fourth-order valence-corrected chi connectivity index (χ4v) is 1.80. The number of aryl methyl sites for hydroxylation is 1. The first-order valence-electron chi connectivity index (χ1n) is 6.33. The van der Waals surface area contributed by atoms with Gasteiger partial charge in [0.05, 0.1) is 13.7 Å². The molecule has 1 heterocycles. The van der Waals surface area contributed by atoms with Crippen molar-refractivity contribution >= 4 is 5.97 Å². The second-order valence-electron chi connectivity index (χ2n) is 4.53. The molecule has 1 aromatic heterocycles. The van der Waals surface area contributed by atoms with E-state index in [9.17, 15) is 4.79 Å². The smallest absolute Gasteiger partial charge is 0.360 e. The summed E-state index contributed by atoms with van der Waals surface area (Å²) in [5, 5.41) is 0. The molecule has 0 aliphatic heterocycles. The van der Waals surface area contributed by atoms with Gasteiger partial charge in [0.2, 0.25) is 0 Å². The molecule has 0 radical (unpaired) electrons. The summed E-state index contributed by atoms with van der Waals surface area (Å²) in [5.74, 6) is 0.900. The molecule has 2 aromatic rings. The normalized spacial score (nSPS) is 11.9. The fourth-order valence-electron chi connectivity index (χ4n) is 1.80. The van der Waals surface area contributed by atoms with Crippen LogP contribution < -0.4 is 4.74 Å². The number of benzene rings is 1. The Morgan fingerprint density at radius 1 is 1.35 bits per heavy atom. The largest absolute Gasteiger partial charge is 0.497 e. The van der Waals surface area contributed by atoms with Crippen LogP contribution in [-0.2, 0) is 4.74 Å². The molecule has 0 saturated heterocycles. The number of hydrogen-bond acceptors (Lipinski definition) is 5. The van der Waals surface area contributed by atoms with E-state index in [0.29, 0.717) is 5.76 Å². The first-order chi connectivity index (χ1) is 9.61. The summed E-state index contributed by atoms with van der Waals surface area (Å²) in [4.78, 5) is 15.6. The third-order valence-electron chi connectivity index (χ3n) is 3.09. The van der Waals surface area contributed by atoms with Gasteiger partial charge in [0.1, 0.15) is 11.5 Å². The quantitative estimate of drug-likeness (QED) is 0.785. The van der Waals surface area contributed by atoms with Gasteiger partial charge in [-0.05, 0) is 24.6 Å². The maximum Gasteiger partial charge on any atom is 0.360 e. The van der Waals surface area contributed by atoms with Gasteiger partial charge in [-0.15, -0.1) is 0 Å². The van der Waals surface area contributed by atoms with Gasteiger partial charge in [0.15, 0.2) is 12.1 Å². The molecule has 0 aliphatic rings. The van der Waals surface area contributed by atoms with Crippen molar-refractivity contribution in [2.45, 2.75) is 19.8 Å². The summed E-state index contributed by atoms with van der Waals surface area (Å²) in [6.45, 7) is 3.96. The molecule has 20 heavy (non-hydrogen) atoms. The molecule has 0 bridgehead atoms. The van der Waals surface area contributed by atoms with E-state index in [-0.39, 0.29) is 18.2 Å². The van der Waals surface area contributed by atoms with Crippen molar-refractivity contribution in [3.8, 4) is 5.75 Å². The zero-order valence-corrected chi connectivity index (χ0v) is 11.8. The first-order valence-corrected chi connectivity index (χ1v) is 6.33. The molecule has 5 nitrogen and oxygen atoms in total. The molecule has 106 valence electrons.